The molecule has 26 heavy (non-hydrogen) atoms. The Labute approximate surface area is 152 Å². The van der Waals surface area contributed by atoms with Crippen LogP contribution in [-0.2, 0) is 17.5 Å². The molecule has 1 atom stereocenters. The molecule has 1 aromatic heterocycles. The molecule has 0 radical (unpaired) electrons. The number of alkyl halides is 3. The van der Waals surface area contributed by atoms with E-state index in [1.807, 2.05) is 0 Å². The van der Waals surface area contributed by atoms with E-state index in [0.29, 0.717) is 11.7 Å². The fourth-order valence-electron chi connectivity index (χ4n) is 4.26. The van der Waals surface area contributed by atoms with Crippen LogP contribution in [0.2, 0.25) is 0 Å². The topological polar surface area (TPSA) is 45.2 Å². The van der Waals surface area contributed by atoms with Gasteiger partial charge in [0.1, 0.15) is 0 Å². The van der Waals surface area contributed by atoms with Crippen molar-refractivity contribution in [2.24, 2.45) is 0 Å². The Kier molecular flexibility index (Phi) is 5.85. The maximum absolute atomic E-state index is 13.5. The molecule has 1 saturated carbocycles. The Hall–Kier alpha value is -1.63. The second kappa shape index (κ2) is 7.94. The number of hydrogen-bond donors (Lipinski definition) is 1. The molecule has 1 saturated heterocycles. The Bertz CT molecular complexity index is 641. The Balaban J connectivity index is 1.85. The number of pyridine rings is 1. The number of nitrogens with zero attached hydrogens (tertiary/aromatic N) is 2. The van der Waals surface area contributed by atoms with Gasteiger partial charge in [0.15, 0.2) is 0 Å². The Morgan fingerprint density at radius 1 is 1.23 bits per heavy atom. The second-order valence-corrected chi connectivity index (χ2v) is 7.36. The number of halogens is 3. The van der Waals surface area contributed by atoms with Gasteiger partial charge in [0.25, 0.3) is 0 Å². The summed E-state index contributed by atoms with van der Waals surface area (Å²) in [4.78, 5) is 17.8. The summed E-state index contributed by atoms with van der Waals surface area (Å²) in [6.07, 6.45) is 4.58. The predicted molar refractivity (Wildman–Crippen MR) is 92.3 cm³/mol. The van der Waals surface area contributed by atoms with Gasteiger partial charge in [-0.25, -0.2) is 0 Å². The largest absolute Gasteiger partial charge is 0.416 e. The van der Waals surface area contributed by atoms with Crippen LogP contribution in [0.4, 0.5) is 13.2 Å². The molecule has 0 aromatic carbocycles. The fraction of sp³-hybridized carbons (Fsp3) is 0.684. The molecule has 2 aliphatic rings. The maximum Gasteiger partial charge on any atom is 0.416 e. The van der Waals surface area contributed by atoms with E-state index in [4.69, 9.17) is 0 Å². The first-order chi connectivity index (χ1) is 12.4. The quantitative estimate of drug-likeness (QED) is 0.865. The lowest BCUT2D eigenvalue weighted by Crippen LogP contribution is -2.36. The average Bonchev–Trinajstić information content (AvgIpc) is 3.09. The highest BCUT2D eigenvalue weighted by molar-refractivity contribution is 5.72. The van der Waals surface area contributed by atoms with Crippen LogP contribution in [0.25, 0.3) is 0 Å². The average molecular weight is 369 g/mol. The Morgan fingerprint density at radius 3 is 2.62 bits per heavy atom. The van der Waals surface area contributed by atoms with Crippen LogP contribution in [0.3, 0.4) is 0 Å². The van der Waals surface area contributed by atoms with Crippen molar-refractivity contribution < 1.29 is 18.0 Å². The van der Waals surface area contributed by atoms with Gasteiger partial charge < -0.3 is 5.32 Å². The van der Waals surface area contributed by atoms with Crippen LogP contribution in [0, 0.1) is 0 Å². The van der Waals surface area contributed by atoms with Crippen molar-refractivity contribution >= 4 is 5.91 Å². The van der Waals surface area contributed by atoms with Gasteiger partial charge >= 0.3 is 6.18 Å². The van der Waals surface area contributed by atoms with E-state index < -0.39 is 11.7 Å². The Morgan fingerprint density at radius 2 is 1.96 bits per heavy atom. The van der Waals surface area contributed by atoms with Crippen LogP contribution >= 0.6 is 0 Å². The van der Waals surface area contributed by atoms with Crippen molar-refractivity contribution in [2.75, 3.05) is 6.54 Å². The zero-order chi connectivity index (χ0) is 18.7. The molecule has 1 aromatic rings. The molecular weight excluding hydrogens is 343 g/mol. The molecule has 4 nitrogen and oxygen atoms in total. The molecule has 3 rings (SSSR count). The molecule has 2 fully saturated rings. The van der Waals surface area contributed by atoms with Crippen LogP contribution < -0.4 is 5.32 Å². The number of carbonyl (C=O) groups is 1. The number of carbonyl (C=O) groups excluding carboxylic acids is 1. The van der Waals surface area contributed by atoms with Crippen molar-refractivity contribution in [3.8, 4) is 0 Å². The van der Waals surface area contributed by atoms with Crippen LogP contribution in [0.5, 0.6) is 0 Å². The monoisotopic (exact) mass is 369 g/mol. The summed E-state index contributed by atoms with van der Waals surface area (Å²) in [6, 6.07) is 1.63. The summed E-state index contributed by atoms with van der Waals surface area (Å²) in [7, 11) is 0. The summed E-state index contributed by atoms with van der Waals surface area (Å²) in [6.45, 7) is 2.07. The van der Waals surface area contributed by atoms with Gasteiger partial charge in [-0.3, -0.25) is 14.7 Å². The highest BCUT2D eigenvalue weighted by Gasteiger charge is 2.37. The summed E-state index contributed by atoms with van der Waals surface area (Å²) in [5, 5.41) is 2.43. The lowest BCUT2D eigenvalue weighted by molar-refractivity contribution is -0.138. The minimum absolute atomic E-state index is 0.0127. The highest BCUT2D eigenvalue weighted by Crippen LogP contribution is 2.39. The molecule has 1 amide bonds. The zero-order valence-corrected chi connectivity index (χ0v) is 15.1. The molecule has 1 N–H and O–H groups in total. The van der Waals surface area contributed by atoms with E-state index >= 15 is 0 Å². The number of nitrogens with one attached hydrogen (secondary N) is 1. The van der Waals surface area contributed by atoms with E-state index in [2.05, 4.69) is 15.2 Å². The highest BCUT2D eigenvalue weighted by atomic mass is 19.4. The maximum atomic E-state index is 13.5. The lowest BCUT2D eigenvalue weighted by atomic mass is 9.93. The van der Waals surface area contributed by atoms with Crippen molar-refractivity contribution in [2.45, 2.75) is 76.7 Å². The van der Waals surface area contributed by atoms with Gasteiger partial charge in [-0.05, 0) is 38.3 Å². The van der Waals surface area contributed by atoms with Crippen molar-refractivity contribution in [1.29, 1.82) is 0 Å². The standard InChI is InChI=1S/C19H26F3N3O/c1-13(26)23-11-14-12-24-17(10-16(14)19(20,21)22)18-8-5-9-25(18)15-6-3-2-4-7-15/h10,12,15,18H,2-9,11H2,1H3,(H,23,26)/t18-/m1/s1. The molecule has 1 aliphatic heterocycles. The van der Waals surface area contributed by atoms with Gasteiger partial charge in [-0.1, -0.05) is 19.3 Å². The third kappa shape index (κ3) is 4.37. The number of hydrogen-bond acceptors (Lipinski definition) is 3. The zero-order valence-electron chi connectivity index (χ0n) is 15.1. The second-order valence-electron chi connectivity index (χ2n) is 7.36. The van der Waals surface area contributed by atoms with E-state index in [1.165, 1.54) is 38.4 Å². The van der Waals surface area contributed by atoms with E-state index in [-0.39, 0.29) is 24.1 Å². The fourth-order valence-corrected chi connectivity index (χ4v) is 4.26. The molecular formula is C19H26F3N3O. The van der Waals surface area contributed by atoms with Gasteiger partial charge in [-0.2, -0.15) is 13.2 Å². The van der Waals surface area contributed by atoms with Crippen LogP contribution in [0.1, 0.15) is 74.7 Å². The summed E-state index contributed by atoms with van der Waals surface area (Å²) in [5.41, 5.74) is -0.169. The molecule has 0 spiro atoms. The normalized spacial score (nSPS) is 22.5. The van der Waals surface area contributed by atoms with Gasteiger partial charge in [0, 0.05) is 31.3 Å². The molecule has 144 valence electrons. The first-order valence-electron chi connectivity index (χ1n) is 9.42. The van der Waals surface area contributed by atoms with E-state index in [0.717, 1.165) is 32.2 Å². The lowest BCUT2D eigenvalue weighted by Gasteiger charge is -2.35. The number of likely N-dealkylation sites (tertiary alicyclic amines) is 1. The van der Waals surface area contributed by atoms with Crippen molar-refractivity contribution in [3.05, 3.63) is 29.1 Å². The van der Waals surface area contributed by atoms with E-state index in [1.54, 1.807) is 0 Å². The third-order valence-corrected chi connectivity index (χ3v) is 5.52. The first-order valence-corrected chi connectivity index (χ1v) is 9.42. The summed E-state index contributed by atoms with van der Waals surface area (Å²) >= 11 is 0. The van der Waals surface area contributed by atoms with Gasteiger partial charge in [-0.15, -0.1) is 0 Å². The SMILES string of the molecule is CC(=O)NCc1cnc([C@H]2CCCN2C2CCCCC2)cc1C(F)(F)F. The molecule has 2 heterocycles. The van der Waals surface area contributed by atoms with Crippen molar-refractivity contribution in [3.63, 3.8) is 0 Å². The van der Waals surface area contributed by atoms with Gasteiger partial charge in [0.2, 0.25) is 5.91 Å². The van der Waals surface area contributed by atoms with E-state index in [9.17, 15) is 18.0 Å². The molecule has 7 heteroatoms. The molecule has 0 unspecified atom stereocenters. The number of amides is 1. The summed E-state index contributed by atoms with van der Waals surface area (Å²) < 4.78 is 40.6. The van der Waals surface area contributed by atoms with Crippen LogP contribution in [-0.4, -0.2) is 28.4 Å². The predicted octanol–water partition coefficient (Wildman–Crippen LogP) is 4.21. The third-order valence-electron chi connectivity index (χ3n) is 5.52. The number of aromatic nitrogens is 1. The van der Waals surface area contributed by atoms with Gasteiger partial charge in [0.05, 0.1) is 17.3 Å². The minimum Gasteiger partial charge on any atom is -0.352 e. The first kappa shape index (κ1) is 19.1. The molecule has 0 bridgehead atoms. The summed E-state index contributed by atoms with van der Waals surface area (Å²) in [5.74, 6) is -0.360. The van der Waals surface area contributed by atoms with Crippen molar-refractivity contribution in [1.82, 2.24) is 15.2 Å². The smallest absolute Gasteiger partial charge is 0.352 e. The number of rotatable bonds is 4. The molecule has 1 aliphatic carbocycles. The van der Waals surface area contributed by atoms with Crippen LogP contribution in [0.15, 0.2) is 12.3 Å². The minimum atomic E-state index is -4.46.